The molecule has 1 aliphatic carbocycles. The Labute approximate surface area is 100 Å². The summed E-state index contributed by atoms with van der Waals surface area (Å²) in [5.74, 6) is 1.17. The van der Waals surface area contributed by atoms with Gasteiger partial charge in [-0.3, -0.25) is 10.1 Å². The molecule has 1 heterocycles. The van der Waals surface area contributed by atoms with Gasteiger partial charge >= 0.3 is 5.69 Å². The van der Waals surface area contributed by atoms with Gasteiger partial charge in [-0.2, -0.15) is 5.10 Å². The van der Waals surface area contributed by atoms with Crippen LogP contribution in [0.25, 0.3) is 0 Å². The molecular weight excluding hydrogens is 220 g/mol. The SMILES string of the molecule is Cc1nn(C)c(NCC2CCCC2)c1[N+](=O)[O-]. The van der Waals surface area contributed by atoms with Crippen molar-refractivity contribution in [3.63, 3.8) is 0 Å². The molecule has 0 atom stereocenters. The van der Waals surface area contributed by atoms with Crippen LogP contribution in [0.15, 0.2) is 0 Å². The van der Waals surface area contributed by atoms with Crippen LogP contribution < -0.4 is 5.32 Å². The van der Waals surface area contributed by atoms with Crippen molar-refractivity contribution in [3.05, 3.63) is 15.8 Å². The lowest BCUT2D eigenvalue weighted by Crippen LogP contribution is -2.14. The standard InChI is InChI=1S/C11H18N4O2/c1-8-10(15(16)17)11(14(2)13-8)12-7-9-5-3-4-6-9/h9,12H,3-7H2,1-2H3. The monoisotopic (exact) mass is 238 g/mol. The molecule has 17 heavy (non-hydrogen) atoms. The van der Waals surface area contributed by atoms with Gasteiger partial charge < -0.3 is 5.32 Å². The molecule has 6 heteroatoms. The highest BCUT2D eigenvalue weighted by atomic mass is 16.6. The van der Waals surface area contributed by atoms with Crippen molar-refractivity contribution < 1.29 is 4.92 Å². The minimum Gasteiger partial charge on any atom is -0.364 e. The van der Waals surface area contributed by atoms with Crippen molar-refractivity contribution in [1.82, 2.24) is 9.78 Å². The molecule has 1 saturated carbocycles. The van der Waals surface area contributed by atoms with Gasteiger partial charge in [0.15, 0.2) is 0 Å². The largest absolute Gasteiger partial charge is 0.364 e. The Bertz CT molecular complexity index is 421. The molecule has 0 unspecified atom stereocenters. The van der Waals surface area contributed by atoms with Crippen LogP contribution >= 0.6 is 0 Å². The molecular formula is C11H18N4O2. The first-order valence-electron chi connectivity index (χ1n) is 6.01. The average molecular weight is 238 g/mol. The predicted octanol–water partition coefficient (Wildman–Crippen LogP) is 2.24. The highest BCUT2D eigenvalue weighted by Crippen LogP contribution is 2.29. The van der Waals surface area contributed by atoms with E-state index in [-0.39, 0.29) is 10.6 Å². The molecule has 0 aromatic carbocycles. The number of nitrogens with zero attached hydrogens (tertiary/aromatic N) is 3. The number of hydrogen-bond donors (Lipinski definition) is 1. The van der Waals surface area contributed by atoms with Gasteiger partial charge in [0.1, 0.15) is 5.69 Å². The Morgan fingerprint density at radius 3 is 2.76 bits per heavy atom. The molecule has 1 aromatic rings. The summed E-state index contributed by atoms with van der Waals surface area (Å²) in [6.07, 6.45) is 4.99. The maximum absolute atomic E-state index is 11.0. The number of anilines is 1. The summed E-state index contributed by atoms with van der Waals surface area (Å²) in [6, 6.07) is 0. The summed E-state index contributed by atoms with van der Waals surface area (Å²) < 4.78 is 1.56. The fourth-order valence-corrected chi connectivity index (χ4v) is 2.52. The van der Waals surface area contributed by atoms with E-state index in [9.17, 15) is 10.1 Å². The van der Waals surface area contributed by atoms with Gasteiger partial charge in [0.2, 0.25) is 5.82 Å². The third-order valence-corrected chi connectivity index (χ3v) is 3.41. The molecule has 1 N–H and O–H groups in total. The van der Waals surface area contributed by atoms with E-state index in [1.54, 1.807) is 18.7 Å². The number of hydrogen-bond acceptors (Lipinski definition) is 4. The zero-order chi connectivity index (χ0) is 12.4. The highest BCUT2D eigenvalue weighted by molar-refractivity contribution is 5.59. The maximum Gasteiger partial charge on any atom is 0.333 e. The maximum atomic E-state index is 11.0. The average Bonchev–Trinajstić information content (AvgIpc) is 2.83. The van der Waals surface area contributed by atoms with E-state index in [1.165, 1.54) is 25.7 Å². The fraction of sp³-hybridized carbons (Fsp3) is 0.727. The lowest BCUT2D eigenvalue weighted by atomic mass is 10.1. The van der Waals surface area contributed by atoms with Gasteiger partial charge in [-0.05, 0) is 25.7 Å². The highest BCUT2D eigenvalue weighted by Gasteiger charge is 2.24. The second-order valence-corrected chi connectivity index (χ2v) is 4.69. The first-order chi connectivity index (χ1) is 8.09. The van der Waals surface area contributed by atoms with E-state index < -0.39 is 0 Å². The fourth-order valence-electron chi connectivity index (χ4n) is 2.52. The van der Waals surface area contributed by atoms with Crippen LogP contribution in [-0.2, 0) is 7.05 Å². The van der Waals surface area contributed by atoms with Crippen LogP contribution in [0.1, 0.15) is 31.4 Å². The summed E-state index contributed by atoms with van der Waals surface area (Å²) >= 11 is 0. The van der Waals surface area contributed by atoms with Gasteiger partial charge in [0.25, 0.3) is 0 Å². The quantitative estimate of drug-likeness (QED) is 0.645. The van der Waals surface area contributed by atoms with Gasteiger partial charge in [-0.15, -0.1) is 0 Å². The van der Waals surface area contributed by atoms with Crippen LogP contribution in [0.2, 0.25) is 0 Å². The van der Waals surface area contributed by atoms with Crippen LogP contribution in [0.3, 0.4) is 0 Å². The van der Waals surface area contributed by atoms with Crippen molar-refractivity contribution in [3.8, 4) is 0 Å². The van der Waals surface area contributed by atoms with Crippen molar-refractivity contribution >= 4 is 11.5 Å². The summed E-state index contributed by atoms with van der Waals surface area (Å²) in [4.78, 5) is 10.6. The van der Waals surface area contributed by atoms with Crippen LogP contribution in [0, 0.1) is 23.0 Å². The van der Waals surface area contributed by atoms with E-state index in [4.69, 9.17) is 0 Å². The van der Waals surface area contributed by atoms with Gasteiger partial charge in [0.05, 0.1) is 4.92 Å². The Morgan fingerprint density at radius 1 is 1.53 bits per heavy atom. The smallest absolute Gasteiger partial charge is 0.333 e. The molecule has 1 aliphatic rings. The first kappa shape index (κ1) is 11.9. The molecule has 0 aliphatic heterocycles. The van der Waals surface area contributed by atoms with Crippen molar-refractivity contribution in [2.24, 2.45) is 13.0 Å². The van der Waals surface area contributed by atoms with Crippen LogP contribution in [0.4, 0.5) is 11.5 Å². The Kier molecular flexibility index (Phi) is 3.31. The summed E-state index contributed by atoms with van der Waals surface area (Å²) in [6.45, 7) is 2.47. The molecule has 0 radical (unpaired) electrons. The van der Waals surface area contributed by atoms with E-state index in [1.807, 2.05) is 0 Å². The second kappa shape index (κ2) is 4.73. The number of aromatic nitrogens is 2. The third kappa shape index (κ3) is 2.40. The van der Waals surface area contributed by atoms with E-state index in [0.29, 0.717) is 17.4 Å². The van der Waals surface area contributed by atoms with Crippen molar-refractivity contribution in [2.75, 3.05) is 11.9 Å². The summed E-state index contributed by atoms with van der Waals surface area (Å²) in [7, 11) is 1.73. The molecule has 0 bridgehead atoms. The zero-order valence-corrected chi connectivity index (χ0v) is 10.3. The van der Waals surface area contributed by atoms with Crippen LogP contribution in [-0.4, -0.2) is 21.2 Å². The molecule has 6 nitrogen and oxygen atoms in total. The first-order valence-corrected chi connectivity index (χ1v) is 6.01. The molecule has 1 aromatic heterocycles. The Morgan fingerprint density at radius 2 is 2.18 bits per heavy atom. The predicted molar refractivity (Wildman–Crippen MR) is 65.0 cm³/mol. The van der Waals surface area contributed by atoms with Gasteiger partial charge in [0, 0.05) is 13.6 Å². The minimum absolute atomic E-state index is 0.102. The number of rotatable bonds is 4. The molecule has 0 spiro atoms. The zero-order valence-electron chi connectivity index (χ0n) is 10.3. The molecule has 94 valence electrons. The molecule has 0 saturated heterocycles. The lowest BCUT2D eigenvalue weighted by Gasteiger charge is -2.11. The minimum atomic E-state index is -0.362. The third-order valence-electron chi connectivity index (χ3n) is 3.41. The summed E-state index contributed by atoms with van der Waals surface area (Å²) in [5, 5.41) is 18.2. The van der Waals surface area contributed by atoms with Crippen LogP contribution in [0.5, 0.6) is 0 Å². The molecule has 0 amide bonds. The second-order valence-electron chi connectivity index (χ2n) is 4.69. The van der Waals surface area contributed by atoms with E-state index >= 15 is 0 Å². The topological polar surface area (TPSA) is 73.0 Å². The van der Waals surface area contributed by atoms with E-state index in [0.717, 1.165) is 6.54 Å². The van der Waals surface area contributed by atoms with Crippen molar-refractivity contribution in [1.29, 1.82) is 0 Å². The molecule has 2 rings (SSSR count). The number of nitrogens with one attached hydrogen (secondary N) is 1. The molecule has 1 fully saturated rings. The van der Waals surface area contributed by atoms with Crippen molar-refractivity contribution in [2.45, 2.75) is 32.6 Å². The van der Waals surface area contributed by atoms with E-state index in [2.05, 4.69) is 10.4 Å². The normalized spacial score (nSPS) is 16.4. The lowest BCUT2D eigenvalue weighted by molar-refractivity contribution is -0.384. The summed E-state index contributed by atoms with van der Waals surface area (Å²) in [5.41, 5.74) is 0.567. The number of nitro groups is 1. The van der Waals surface area contributed by atoms with Gasteiger partial charge in [-0.1, -0.05) is 12.8 Å². The Balaban J connectivity index is 2.11. The number of aryl methyl sites for hydroxylation is 2. The Hall–Kier alpha value is -1.59. The van der Waals surface area contributed by atoms with Gasteiger partial charge in [-0.25, -0.2) is 4.68 Å².